The SMILES string of the molecule is CN(C)CCO[C@H]1CN(Cc2cccs2)[C@@H]2CCCO[C@H]12. The average Bonchev–Trinajstić information content (AvgIpc) is 3.09. The highest BCUT2D eigenvalue weighted by Crippen LogP contribution is 2.32. The van der Waals surface area contributed by atoms with Gasteiger partial charge in [0.25, 0.3) is 0 Å². The Kier molecular flexibility index (Phi) is 5.29. The van der Waals surface area contributed by atoms with Crippen LogP contribution in [0.1, 0.15) is 17.7 Å². The van der Waals surface area contributed by atoms with Crippen LogP contribution in [0.5, 0.6) is 0 Å². The number of hydrogen-bond donors (Lipinski definition) is 0. The molecule has 0 saturated carbocycles. The van der Waals surface area contributed by atoms with Gasteiger partial charge in [-0.25, -0.2) is 0 Å². The van der Waals surface area contributed by atoms with Crippen LogP contribution in [-0.2, 0) is 16.0 Å². The van der Waals surface area contributed by atoms with Crippen molar-refractivity contribution in [3.05, 3.63) is 22.4 Å². The Morgan fingerprint density at radius 2 is 2.38 bits per heavy atom. The van der Waals surface area contributed by atoms with Crippen molar-refractivity contribution in [3.8, 4) is 0 Å². The molecule has 0 N–H and O–H groups in total. The predicted octanol–water partition coefficient (Wildman–Crippen LogP) is 2.06. The van der Waals surface area contributed by atoms with Crippen LogP contribution in [0.2, 0.25) is 0 Å². The molecule has 0 radical (unpaired) electrons. The van der Waals surface area contributed by atoms with Gasteiger partial charge in [-0.05, 0) is 38.4 Å². The summed E-state index contributed by atoms with van der Waals surface area (Å²) in [5, 5.41) is 2.16. The van der Waals surface area contributed by atoms with Crippen LogP contribution in [0.25, 0.3) is 0 Å². The molecule has 4 nitrogen and oxygen atoms in total. The standard InChI is InChI=1S/C16H26N2O2S/c1-17(2)7-9-19-15-12-18(11-13-5-4-10-21-13)14-6-3-8-20-16(14)15/h4-5,10,14-16H,3,6-9,11-12H2,1-2H3/t14-,15+,16+/m1/s1. The van der Waals surface area contributed by atoms with Crippen LogP contribution >= 0.6 is 11.3 Å². The maximum Gasteiger partial charge on any atom is 0.100 e. The number of likely N-dealkylation sites (N-methyl/N-ethyl adjacent to an activating group) is 1. The number of rotatable bonds is 6. The Labute approximate surface area is 131 Å². The highest BCUT2D eigenvalue weighted by Gasteiger charge is 2.44. The molecule has 2 fully saturated rings. The molecular formula is C16H26N2O2S. The maximum absolute atomic E-state index is 6.13. The first-order valence-electron chi connectivity index (χ1n) is 7.88. The molecule has 0 aliphatic carbocycles. The minimum absolute atomic E-state index is 0.232. The second kappa shape index (κ2) is 7.20. The number of ether oxygens (including phenoxy) is 2. The monoisotopic (exact) mass is 310 g/mol. The van der Waals surface area contributed by atoms with E-state index in [2.05, 4.69) is 41.4 Å². The molecule has 2 aliphatic heterocycles. The predicted molar refractivity (Wildman–Crippen MR) is 85.8 cm³/mol. The summed E-state index contributed by atoms with van der Waals surface area (Å²) in [6.45, 7) is 4.69. The molecule has 0 bridgehead atoms. The van der Waals surface area contributed by atoms with Gasteiger partial charge in [0, 0.05) is 37.2 Å². The lowest BCUT2D eigenvalue weighted by atomic mass is 10.0. The van der Waals surface area contributed by atoms with E-state index in [9.17, 15) is 0 Å². The molecular weight excluding hydrogens is 284 g/mol. The number of fused-ring (bicyclic) bond motifs is 1. The number of hydrogen-bond acceptors (Lipinski definition) is 5. The first-order chi connectivity index (χ1) is 10.2. The third-order valence-electron chi connectivity index (χ3n) is 4.39. The maximum atomic E-state index is 6.13. The highest BCUT2D eigenvalue weighted by molar-refractivity contribution is 7.09. The average molecular weight is 310 g/mol. The zero-order chi connectivity index (χ0) is 14.7. The fraction of sp³-hybridized carbons (Fsp3) is 0.750. The lowest BCUT2D eigenvalue weighted by Gasteiger charge is -2.32. The van der Waals surface area contributed by atoms with Crippen LogP contribution in [0, 0.1) is 0 Å². The van der Waals surface area contributed by atoms with Crippen LogP contribution in [0.3, 0.4) is 0 Å². The molecule has 3 atom stereocenters. The Morgan fingerprint density at radius 3 is 3.14 bits per heavy atom. The van der Waals surface area contributed by atoms with Crippen molar-refractivity contribution in [3.63, 3.8) is 0 Å². The van der Waals surface area contributed by atoms with Gasteiger partial charge in [-0.3, -0.25) is 4.90 Å². The van der Waals surface area contributed by atoms with E-state index in [1.54, 1.807) is 0 Å². The van der Waals surface area contributed by atoms with E-state index in [4.69, 9.17) is 9.47 Å². The van der Waals surface area contributed by atoms with Gasteiger partial charge in [0.1, 0.15) is 6.10 Å². The largest absolute Gasteiger partial charge is 0.374 e. The van der Waals surface area contributed by atoms with Crippen molar-refractivity contribution in [1.29, 1.82) is 0 Å². The first kappa shape index (κ1) is 15.4. The van der Waals surface area contributed by atoms with Crippen LogP contribution < -0.4 is 0 Å². The van der Waals surface area contributed by atoms with Gasteiger partial charge in [-0.15, -0.1) is 11.3 Å². The van der Waals surface area contributed by atoms with Crippen LogP contribution in [0.4, 0.5) is 0 Å². The summed E-state index contributed by atoms with van der Waals surface area (Å²) < 4.78 is 12.2. The minimum atomic E-state index is 0.232. The van der Waals surface area contributed by atoms with E-state index >= 15 is 0 Å². The summed E-state index contributed by atoms with van der Waals surface area (Å²) in [4.78, 5) is 6.17. The zero-order valence-corrected chi connectivity index (χ0v) is 13.8. The lowest BCUT2D eigenvalue weighted by molar-refractivity contribution is -0.0786. The third-order valence-corrected chi connectivity index (χ3v) is 5.25. The molecule has 21 heavy (non-hydrogen) atoms. The summed E-state index contributed by atoms with van der Waals surface area (Å²) in [7, 11) is 4.17. The normalized spacial score (nSPS) is 30.0. The molecule has 5 heteroatoms. The second-order valence-corrected chi connectivity index (χ2v) is 7.30. The van der Waals surface area contributed by atoms with E-state index in [0.717, 1.165) is 32.8 Å². The Bertz CT molecular complexity index is 424. The Balaban J connectivity index is 1.60. The summed E-state index contributed by atoms with van der Waals surface area (Å²) in [5.41, 5.74) is 0. The van der Waals surface area contributed by atoms with E-state index in [0.29, 0.717) is 6.04 Å². The third kappa shape index (κ3) is 3.85. The molecule has 3 heterocycles. The molecule has 0 spiro atoms. The second-order valence-electron chi connectivity index (χ2n) is 6.27. The van der Waals surface area contributed by atoms with Crippen molar-refractivity contribution in [1.82, 2.24) is 9.80 Å². The Hall–Kier alpha value is -0.460. The van der Waals surface area contributed by atoms with Gasteiger partial charge in [0.05, 0.1) is 12.7 Å². The lowest BCUT2D eigenvalue weighted by Crippen LogP contribution is -2.42. The molecule has 3 rings (SSSR count). The molecule has 0 unspecified atom stereocenters. The number of likely N-dealkylation sites (tertiary alicyclic amines) is 1. The minimum Gasteiger partial charge on any atom is -0.374 e. The van der Waals surface area contributed by atoms with Crippen LogP contribution in [-0.4, -0.2) is 68.4 Å². The van der Waals surface area contributed by atoms with Crippen molar-refractivity contribution in [2.24, 2.45) is 0 Å². The molecule has 2 saturated heterocycles. The Morgan fingerprint density at radius 1 is 1.48 bits per heavy atom. The number of thiophene rings is 1. The van der Waals surface area contributed by atoms with Crippen molar-refractivity contribution < 1.29 is 9.47 Å². The van der Waals surface area contributed by atoms with Gasteiger partial charge in [0.2, 0.25) is 0 Å². The van der Waals surface area contributed by atoms with Crippen molar-refractivity contribution >= 4 is 11.3 Å². The van der Waals surface area contributed by atoms with E-state index in [1.165, 1.54) is 17.7 Å². The molecule has 118 valence electrons. The van der Waals surface area contributed by atoms with E-state index < -0.39 is 0 Å². The van der Waals surface area contributed by atoms with Gasteiger partial charge in [-0.1, -0.05) is 6.07 Å². The van der Waals surface area contributed by atoms with Gasteiger partial charge >= 0.3 is 0 Å². The highest BCUT2D eigenvalue weighted by atomic mass is 32.1. The molecule has 2 aliphatic rings. The fourth-order valence-corrected chi connectivity index (χ4v) is 4.05. The molecule has 1 aromatic rings. The van der Waals surface area contributed by atoms with E-state index in [1.807, 2.05) is 11.3 Å². The van der Waals surface area contributed by atoms with Crippen molar-refractivity contribution in [2.75, 3.05) is 40.4 Å². The summed E-state index contributed by atoms with van der Waals surface area (Å²) in [5.74, 6) is 0. The van der Waals surface area contributed by atoms with Gasteiger partial charge < -0.3 is 14.4 Å². The van der Waals surface area contributed by atoms with Crippen LogP contribution in [0.15, 0.2) is 17.5 Å². The topological polar surface area (TPSA) is 24.9 Å². The first-order valence-corrected chi connectivity index (χ1v) is 8.76. The number of nitrogens with zero attached hydrogens (tertiary/aromatic N) is 2. The molecule has 0 aromatic carbocycles. The summed E-state index contributed by atoms with van der Waals surface area (Å²) >= 11 is 1.84. The van der Waals surface area contributed by atoms with Gasteiger partial charge in [-0.2, -0.15) is 0 Å². The smallest absolute Gasteiger partial charge is 0.100 e. The zero-order valence-electron chi connectivity index (χ0n) is 13.0. The van der Waals surface area contributed by atoms with E-state index in [-0.39, 0.29) is 12.2 Å². The molecule has 1 aromatic heterocycles. The summed E-state index contributed by atoms with van der Waals surface area (Å²) in [6, 6.07) is 4.89. The van der Waals surface area contributed by atoms with Gasteiger partial charge in [0.15, 0.2) is 0 Å². The van der Waals surface area contributed by atoms with Crippen molar-refractivity contribution in [2.45, 2.75) is 37.6 Å². The molecule has 0 amide bonds. The summed E-state index contributed by atoms with van der Waals surface area (Å²) in [6.07, 6.45) is 2.91. The quantitative estimate of drug-likeness (QED) is 0.803. The fourth-order valence-electron chi connectivity index (χ4n) is 3.32.